The van der Waals surface area contributed by atoms with Gasteiger partial charge in [0.25, 0.3) is 0 Å². The van der Waals surface area contributed by atoms with Crippen LogP contribution in [-0.4, -0.2) is 33.7 Å². The highest BCUT2D eigenvalue weighted by atomic mass is 32.2. The van der Waals surface area contributed by atoms with Crippen LogP contribution in [0, 0.1) is 6.92 Å². The quantitative estimate of drug-likeness (QED) is 0.126. The number of ether oxygens (including phenoxy) is 1. The lowest BCUT2D eigenvalue weighted by Crippen LogP contribution is -2.16. The van der Waals surface area contributed by atoms with Crippen molar-refractivity contribution in [2.75, 3.05) is 7.11 Å². The van der Waals surface area contributed by atoms with Gasteiger partial charge in [0, 0.05) is 0 Å². The predicted molar refractivity (Wildman–Crippen MR) is 129 cm³/mol. The largest absolute Gasteiger partial charge is 0.468 e. The van der Waals surface area contributed by atoms with Crippen molar-refractivity contribution in [1.29, 1.82) is 0 Å². The Morgan fingerprint density at radius 3 is 2.06 bits per heavy atom. The Labute approximate surface area is 192 Å². The van der Waals surface area contributed by atoms with Crippen LogP contribution in [0.5, 0.6) is 0 Å². The maximum absolute atomic E-state index is 12.9. The molecule has 4 nitrogen and oxygen atoms in total. The van der Waals surface area contributed by atoms with Gasteiger partial charge in [-0.25, -0.2) is 4.21 Å². The summed E-state index contributed by atoms with van der Waals surface area (Å²) in [4.78, 5) is 12.8. The average molecular weight is 448 g/mol. The number of hydrogen-bond donors (Lipinski definition) is 0. The maximum Gasteiger partial charge on any atom is 0.326 e. The summed E-state index contributed by atoms with van der Waals surface area (Å²) in [5.41, 5.74) is 1.12. The molecule has 1 aromatic rings. The fraction of sp³-hybridized carbons (Fsp3) is 0.654. The van der Waals surface area contributed by atoms with Crippen LogP contribution in [0.1, 0.15) is 89.5 Å². The summed E-state index contributed by atoms with van der Waals surface area (Å²) in [7, 11) is 0.0384. The van der Waals surface area contributed by atoms with Crippen molar-refractivity contribution in [2.24, 2.45) is 0 Å². The number of aryl methyl sites for hydroxylation is 1. The lowest BCUT2D eigenvalue weighted by Gasteiger charge is -2.04. The Morgan fingerprint density at radius 1 is 0.968 bits per heavy atom. The van der Waals surface area contributed by atoms with E-state index in [1.54, 1.807) is 4.31 Å². The van der Waals surface area contributed by atoms with E-state index in [9.17, 15) is 9.00 Å². The molecule has 174 valence electrons. The molecule has 1 aliphatic heterocycles. The molecule has 0 amide bonds. The summed E-state index contributed by atoms with van der Waals surface area (Å²) in [6, 6.07) is 7.04. The maximum atomic E-state index is 12.9. The Kier molecular flexibility index (Phi) is 12.1. The zero-order valence-corrected chi connectivity index (χ0v) is 20.5. The van der Waals surface area contributed by atoms with Crippen LogP contribution in [0.3, 0.4) is 0 Å². The van der Waals surface area contributed by atoms with Crippen molar-refractivity contribution in [3.8, 4) is 0 Å². The first-order valence-corrected chi connectivity index (χ1v) is 13.2. The molecule has 0 spiro atoms. The van der Waals surface area contributed by atoms with Gasteiger partial charge in [-0.2, -0.15) is 4.31 Å². The van der Waals surface area contributed by atoms with E-state index in [2.05, 4.69) is 13.0 Å². The second kappa shape index (κ2) is 14.6. The van der Waals surface area contributed by atoms with Gasteiger partial charge in [0.2, 0.25) is 0 Å². The molecule has 0 N–H and O–H groups in total. The van der Waals surface area contributed by atoms with Crippen LogP contribution in [0.2, 0.25) is 0 Å². The van der Waals surface area contributed by atoms with E-state index in [1.165, 1.54) is 77.7 Å². The van der Waals surface area contributed by atoms with E-state index in [0.29, 0.717) is 0 Å². The number of hydrogen-bond acceptors (Lipinski definition) is 3. The van der Waals surface area contributed by atoms with Crippen LogP contribution in [0.25, 0.3) is 0 Å². The number of benzene rings is 1. The molecular weight excluding hydrogens is 406 g/mol. The Bertz CT molecular complexity index is 701. The number of nitrogens with zero attached hydrogens (tertiary/aromatic N) is 1. The minimum Gasteiger partial charge on any atom is -0.468 e. The summed E-state index contributed by atoms with van der Waals surface area (Å²) in [6.45, 7) is 4.27. The van der Waals surface area contributed by atoms with Crippen LogP contribution in [0.4, 0.5) is 0 Å². The van der Waals surface area contributed by atoms with Crippen LogP contribution < -0.4 is 0 Å². The van der Waals surface area contributed by atoms with Crippen LogP contribution in [-0.2, 0) is 20.5 Å². The van der Waals surface area contributed by atoms with E-state index in [0.717, 1.165) is 16.9 Å². The SMILES string of the molecule is CCCCCCCCCCCCC/C=C/[C@@H]1[C@H](C(=O)OC)N1[S@@](=O)c1ccc(C)cc1. The average Bonchev–Trinajstić information content (AvgIpc) is 3.50. The van der Waals surface area contributed by atoms with E-state index < -0.39 is 17.0 Å². The van der Waals surface area contributed by atoms with Gasteiger partial charge in [-0.15, -0.1) is 0 Å². The van der Waals surface area contributed by atoms with Gasteiger partial charge in [-0.3, -0.25) is 4.79 Å². The molecular formula is C26H41NO3S. The molecule has 1 saturated heterocycles. The molecule has 0 bridgehead atoms. The summed E-state index contributed by atoms with van der Waals surface area (Å²) in [6.07, 6.45) is 19.9. The van der Waals surface area contributed by atoms with Crippen molar-refractivity contribution in [1.82, 2.24) is 4.31 Å². The minimum absolute atomic E-state index is 0.137. The van der Waals surface area contributed by atoms with Gasteiger partial charge in [0.1, 0.15) is 17.0 Å². The van der Waals surface area contributed by atoms with Gasteiger partial charge in [0.05, 0.1) is 18.0 Å². The number of esters is 1. The zero-order valence-electron chi connectivity index (χ0n) is 19.7. The van der Waals surface area contributed by atoms with Crippen molar-refractivity contribution in [3.63, 3.8) is 0 Å². The highest BCUT2D eigenvalue weighted by molar-refractivity contribution is 7.83. The van der Waals surface area contributed by atoms with Gasteiger partial charge in [0.15, 0.2) is 0 Å². The number of methoxy groups -OCH3 is 1. The van der Waals surface area contributed by atoms with Crippen molar-refractivity contribution >= 4 is 17.0 Å². The molecule has 0 aliphatic carbocycles. The predicted octanol–water partition coefficient (Wildman–Crippen LogP) is 6.50. The fourth-order valence-corrected chi connectivity index (χ4v) is 5.32. The molecule has 0 aromatic heterocycles. The Hall–Kier alpha value is -1.46. The Morgan fingerprint density at radius 2 is 1.52 bits per heavy atom. The highest BCUT2D eigenvalue weighted by Crippen LogP contribution is 2.35. The molecule has 1 unspecified atom stereocenters. The molecule has 1 fully saturated rings. The lowest BCUT2D eigenvalue weighted by molar-refractivity contribution is -0.140. The van der Waals surface area contributed by atoms with Gasteiger partial charge < -0.3 is 4.74 Å². The molecule has 5 heteroatoms. The molecule has 1 aromatic carbocycles. The molecule has 4 atom stereocenters. The number of carbonyl (C=O) groups excluding carboxylic acids is 1. The van der Waals surface area contributed by atoms with E-state index in [1.807, 2.05) is 37.3 Å². The standard InChI is InChI=1S/C26H41NO3S/c1-4-5-6-7-8-9-10-11-12-13-14-15-16-17-24-25(26(28)30-3)27(24)31(29)23-20-18-22(2)19-21-23/h16-21,24-25H,4-15H2,1-3H3/b17-16+/t24-,25-,27?,31+/m1/s1. The second-order valence-corrected chi connectivity index (χ2v) is 10.0. The molecule has 1 heterocycles. The van der Waals surface area contributed by atoms with Gasteiger partial charge in [-0.05, 0) is 31.9 Å². The van der Waals surface area contributed by atoms with Gasteiger partial charge in [-0.1, -0.05) is 101 Å². The number of carbonyl (C=O) groups is 1. The van der Waals surface area contributed by atoms with Crippen LogP contribution in [0.15, 0.2) is 41.3 Å². The van der Waals surface area contributed by atoms with E-state index in [-0.39, 0.29) is 12.0 Å². The second-order valence-electron chi connectivity index (χ2n) is 8.63. The first-order chi connectivity index (χ1) is 15.1. The van der Waals surface area contributed by atoms with E-state index >= 15 is 0 Å². The smallest absolute Gasteiger partial charge is 0.326 e. The molecule has 31 heavy (non-hydrogen) atoms. The van der Waals surface area contributed by atoms with Crippen molar-refractivity contribution in [3.05, 3.63) is 42.0 Å². The summed E-state index contributed by atoms with van der Waals surface area (Å²) in [5.74, 6) is -0.315. The summed E-state index contributed by atoms with van der Waals surface area (Å²) >= 11 is 0. The van der Waals surface area contributed by atoms with Gasteiger partial charge >= 0.3 is 5.97 Å². The third-order valence-electron chi connectivity index (χ3n) is 5.97. The van der Waals surface area contributed by atoms with Crippen molar-refractivity contribution < 1.29 is 13.7 Å². The lowest BCUT2D eigenvalue weighted by atomic mass is 10.1. The molecule has 1 aliphatic rings. The zero-order chi connectivity index (χ0) is 22.5. The third-order valence-corrected chi connectivity index (χ3v) is 7.50. The van der Waals surface area contributed by atoms with E-state index in [4.69, 9.17) is 4.74 Å². The number of allylic oxidation sites excluding steroid dienone is 1. The molecule has 0 radical (unpaired) electrons. The number of rotatable bonds is 16. The molecule has 0 saturated carbocycles. The monoisotopic (exact) mass is 447 g/mol. The third kappa shape index (κ3) is 8.89. The normalized spacial score (nSPS) is 21.3. The van der Waals surface area contributed by atoms with Crippen LogP contribution >= 0.6 is 0 Å². The van der Waals surface area contributed by atoms with Crippen molar-refractivity contribution in [2.45, 2.75) is 108 Å². The Balaban J connectivity index is 1.64. The summed E-state index contributed by atoms with van der Waals surface area (Å²) in [5, 5.41) is 0. The first-order valence-electron chi connectivity index (χ1n) is 12.1. The highest BCUT2D eigenvalue weighted by Gasteiger charge is 2.55. The summed E-state index contributed by atoms with van der Waals surface area (Å²) < 4.78 is 19.5. The number of unbranched alkanes of at least 4 members (excludes halogenated alkanes) is 11. The molecule has 2 rings (SSSR count). The topological polar surface area (TPSA) is 46.4 Å². The first kappa shape index (κ1) is 25.8. The minimum atomic E-state index is -1.35. The fourth-order valence-electron chi connectivity index (χ4n) is 3.93.